The summed E-state index contributed by atoms with van der Waals surface area (Å²) in [7, 11) is 0. The molecular formula is C17H27N. The molecule has 2 unspecified atom stereocenters. The fraction of sp³-hybridized carbons (Fsp3) is 0.647. The number of hydrogen-bond donors (Lipinski definition) is 0. The van der Waals surface area contributed by atoms with Gasteiger partial charge in [-0.2, -0.15) is 0 Å². The molecule has 2 rings (SSSR count). The number of rotatable bonds is 2. The third-order valence-electron chi connectivity index (χ3n) is 4.15. The standard InChI is InChI=1S/C17H27N/c1-14-9-8-12-18(16(14)17(2,3)4)13-15-10-6-5-7-11-15/h5-7,10-11,14,16H,8-9,12-13H2,1-4H3. The minimum atomic E-state index is 0.370. The lowest BCUT2D eigenvalue weighted by atomic mass is 9.75. The Bertz CT molecular complexity index is 363. The molecule has 0 saturated carbocycles. The van der Waals surface area contributed by atoms with Gasteiger partial charge in [0.05, 0.1) is 0 Å². The van der Waals surface area contributed by atoms with Crippen LogP contribution in [0.5, 0.6) is 0 Å². The van der Waals surface area contributed by atoms with Gasteiger partial charge in [0.2, 0.25) is 0 Å². The van der Waals surface area contributed by atoms with Crippen molar-refractivity contribution in [2.75, 3.05) is 6.54 Å². The van der Waals surface area contributed by atoms with Crippen molar-refractivity contribution in [2.45, 2.75) is 53.1 Å². The van der Waals surface area contributed by atoms with E-state index in [9.17, 15) is 0 Å². The first-order valence-electron chi connectivity index (χ1n) is 7.26. The second-order valence-electron chi connectivity index (χ2n) is 6.89. The van der Waals surface area contributed by atoms with Gasteiger partial charge >= 0.3 is 0 Å². The molecule has 1 heterocycles. The molecule has 1 aromatic rings. The zero-order valence-electron chi connectivity index (χ0n) is 12.3. The maximum Gasteiger partial charge on any atom is 0.0237 e. The van der Waals surface area contributed by atoms with E-state index in [1.54, 1.807) is 0 Å². The number of piperidine rings is 1. The molecule has 2 atom stereocenters. The Morgan fingerprint density at radius 1 is 1.17 bits per heavy atom. The third kappa shape index (κ3) is 3.14. The zero-order chi connectivity index (χ0) is 13.2. The maximum absolute atomic E-state index is 2.70. The first-order chi connectivity index (χ1) is 8.48. The average molecular weight is 245 g/mol. The van der Waals surface area contributed by atoms with Crippen LogP contribution in [0.1, 0.15) is 46.1 Å². The fourth-order valence-corrected chi connectivity index (χ4v) is 3.67. The number of hydrogen-bond acceptors (Lipinski definition) is 1. The van der Waals surface area contributed by atoms with Gasteiger partial charge in [-0.1, -0.05) is 58.0 Å². The van der Waals surface area contributed by atoms with Crippen molar-refractivity contribution in [1.82, 2.24) is 4.90 Å². The molecule has 1 nitrogen and oxygen atoms in total. The summed E-state index contributed by atoms with van der Waals surface area (Å²) in [5.74, 6) is 0.808. The van der Waals surface area contributed by atoms with E-state index in [1.165, 1.54) is 24.9 Å². The quantitative estimate of drug-likeness (QED) is 0.749. The van der Waals surface area contributed by atoms with E-state index < -0.39 is 0 Å². The monoisotopic (exact) mass is 245 g/mol. The molecular weight excluding hydrogens is 218 g/mol. The topological polar surface area (TPSA) is 3.24 Å². The molecule has 0 aliphatic carbocycles. The highest BCUT2D eigenvalue weighted by atomic mass is 15.2. The molecule has 100 valence electrons. The predicted octanol–water partition coefficient (Wildman–Crippen LogP) is 4.33. The highest BCUT2D eigenvalue weighted by Gasteiger charge is 2.36. The third-order valence-corrected chi connectivity index (χ3v) is 4.15. The Hall–Kier alpha value is -0.820. The first kappa shape index (κ1) is 13.6. The second-order valence-corrected chi connectivity index (χ2v) is 6.89. The van der Waals surface area contributed by atoms with E-state index in [0.717, 1.165) is 12.5 Å². The molecule has 1 aromatic carbocycles. The van der Waals surface area contributed by atoms with Gasteiger partial charge in [-0.15, -0.1) is 0 Å². The van der Waals surface area contributed by atoms with Crippen molar-refractivity contribution >= 4 is 0 Å². The molecule has 0 spiro atoms. The van der Waals surface area contributed by atoms with Crippen molar-refractivity contribution in [3.63, 3.8) is 0 Å². The van der Waals surface area contributed by atoms with Crippen molar-refractivity contribution in [3.8, 4) is 0 Å². The Balaban J connectivity index is 2.14. The summed E-state index contributed by atoms with van der Waals surface area (Å²) in [5, 5.41) is 0. The van der Waals surface area contributed by atoms with Gasteiger partial charge in [-0.3, -0.25) is 4.90 Å². The van der Waals surface area contributed by atoms with E-state index in [4.69, 9.17) is 0 Å². The van der Waals surface area contributed by atoms with Crippen LogP contribution in [0.25, 0.3) is 0 Å². The smallest absolute Gasteiger partial charge is 0.0237 e. The zero-order valence-corrected chi connectivity index (χ0v) is 12.3. The van der Waals surface area contributed by atoms with Crippen LogP contribution in [0.3, 0.4) is 0 Å². The van der Waals surface area contributed by atoms with Crippen LogP contribution in [-0.2, 0) is 6.54 Å². The maximum atomic E-state index is 2.70. The Labute approximate surface area is 112 Å². The van der Waals surface area contributed by atoms with Crippen LogP contribution < -0.4 is 0 Å². The number of likely N-dealkylation sites (tertiary alicyclic amines) is 1. The van der Waals surface area contributed by atoms with Crippen LogP contribution in [0.2, 0.25) is 0 Å². The molecule has 0 radical (unpaired) electrons. The molecule has 1 saturated heterocycles. The molecule has 1 fully saturated rings. The lowest BCUT2D eigenvalue weighted by Crippen LogP contribution is -2.50. The molecule has 1 aliphatic rings. The largest absolute Gasteiger partial charge is 0.295 e. The highest BCUT2D eigenvalue weighted by molar-refractivity contribution is 5.15. The normalized spacial score (nSPS) is 26.2. The lowest BCUT2D eigenvalue weighted by Gasteiger charge is -2.47. The van der Waals surface area contributed by atoms with Crippen LogP contribution in [-0.4, -0.2) is 17.5 Å². The van der Waals surface area contributed by atoms with E-state index in [1.807, 2.05) is 0 Å². The van der Waals surface area contributed by atoms with Gasteiger partial charge in [0.15, 0.2) is 0 Å². The Kier molecular flexibility index (Phi) is 4.11. The summed E-state index contributed by atoms with van der Waals surface area (Å²) in [6, 6.07) is 11.6. The van der Waals surface area contributed by atoms with Gasteiger partial charge in [0, 0.05) is 12.6 Å². The fourth-order valence-electron chi connectivity index (χ4n) is 3.67. The molecule has 1 aliphatic heterocycles. The van der Waals surface area contributed by atoms with Gasteiger partial charge in [-0.05, 0) is 36.3 Å². The van der Waals surface area contributed by atoms with E-state index in [-0.39, 0.29) is 0 Å². The van der Waals surface area contributed by atoms with Crippen molar-refractivity contribution in [1.29, 1.82) is 0 Å². The minimum Gasteiger partial charge on any atom is -0.295 e. The highest BCUT2D eigenvalue weighted by Crippen LogP contribution is 2.36. The van der Waals surface area contributed by atoms with Crippen molar-refractivity contribution in [3.05, 3.63) is 35.9 Å². The summed E-state index contributed by atoms with van der Waals surface area (Å²) >= 11 is 0. The van der Waals surface area contributed by atoms with E-state index >= 15 is 0 Å². The molecule has 0 aromatic heterocycles. The van der Waals surface area contributed by atoms with E-state index in [0.29, 0.717) is 11.5 Å². The summed E-state index contributed by atoms with van der Waals surface area (Å²) < 4.78 is 0. The van der Waals surface area contributed by atoms with Crippen LogP contribution in [0.15, 0.2) is 30.3 Å². The second kappa shape index (κ2) is 5.44. The molecule has 18 heavy (non-hydrogen) atoms. The lowest BCUT2D eigenvalue weighted by molar-refractivity contribution is 0.0181. The first-order valence-corrected chi connectivity index (χ1v) is 7.26. The van der Waals surface area contributed by atoms with Crippen molar-refractivity contribution < 1.29 is 0 Å². The van der Waals surface area contributed by atoms with Crippen LogP contribution in [0, 0.1) is 11.3 Å². The summed E-state index contributed by atoms with van der Waals surface area (Å²) in [5.41, 5.74) is 1.81. The van der Waals surface area contributed by atoms with Crippen LogP contribution >= 0.6 is 0 Å². The van der Waals surface area contributed by atoms with Gasteiger partial charge in [-0.25, -0.2) is 0 Å². The van der Waals surface area contributed by atoms with E-state index in [2.05, 4.69) is 62.9 Å². The molecule has 1 heteroatoms. The predicted molar refractivity (Wildman–Crippen MR) is 78.5 cm³/mol. The minimum absolute atomic E-state index is 0.370. The average Bonchev–Trinajstić information content (AvgIpc) is 2.28. The Morgan fingerprint density at radius 2 is 1.83 bits per heavy atom. The molecule has 0 amide bonds. The van der Waals surface area contributed by atoms with Crippen LogP contribution in [0.4, 0.5) is 0 Å². The summed E-state index contributed by atoms with van der Waals surface area (Å²) in [6.07, 6.45) is 2.73. The number of nitrogens with zero attached hydrogens (tertiary/aromatic N) is 1. The summed E-state index contributed by atoms with van der Waals surface area (Å²) in [4.78, 5) is 2.70. The van der Waals surface area contributed by atoms with Gasteiger partial charge in [0.25, 0.3) is 0 Å². The molecule has 0 N–H and O–H groups in total. The SMILES string of the molecule is CC1CCCN(Cc2ccccc2)C1C(C)(C)C. The Morgan fingerprint density at radius 3 is 2.44 bits per heavy atom. The van der Waals surface area contributed by atoms with Gasteiger partial charge < -0.3 is 0 Å². The summed E-state index contributed by atoms with van der Waals surface area (Å²) in [6.45, 7) is 11.9. The van der Waals surface area contributed by atoms with Crippen molar-refractivity contribution in [2.24, 2.45) is 11.3 Å². The van der Waals surface area contributed by atoms with Gasteiger partial charge in [0.1, 0.15) is 0 Å². The molecule has 0 bridgehead atoms. The number of benzene rings is 1.